The minimum atomic E-state index is -0.0480. The van der Waals surface area contributed by atoms with Crippen LogP contribution >= 0.6 is 0 Å². The third kappa shape index (κ3) is 3.35. The minimum absolute atomic E-state index is 0.0480. The highest BCUT2D eigenvalue weighted by molar-refractivity contribution is 5.73. The van der Waals surface area contributed by atoms with E-state index in [1.807, 2.05) is 0 Å². The molecule has 0 spiro atoms. The molecule has 0 heterocycles. The number of hydrogen-bond acceptors (Lipinski definition) is 1. The van der Waals surface area contributed by atoms with Crippen LogP contribution < -0.4 is 5.32 Å². The lowest BCUT2D eigenvalue weighted by atomic mass is 9.94. The van der Waals surface area contributed by atoms with E-state index in [9.17, 15) is 4.79 Å². The van der Waals surface area contributed by atoms with Crippen molar-refractivity contribution in [2.45, 2.75) is 34.6 Å². The summed E-state index contributed by atoms with van der Waals surface area (Å²) in [4.78, 5) is 10.7. The average molecular weight is 229 g/mol. The molecule has 2 nitrogen and oxygen atoms in total. The second-order valence-corrected chi connectivity index (χ2v) is 4.35. The lowest BCUT2D eigenvalue weighted by Crippen LogP contribution is -2.19. The van der Waals surface area contributed by atoms with Crippen LogP contribution in [0, 0.1) is 39.5 Å². The van der Waals surface area contributed by atoms with Crippen molar-refractivity contribution in [3.8, 4) is 11.8 Å². The maximum Gasteiger partial charge on any atom is 0.217 e. The first-order valence-electron chi connectivity index (χ1n) is 5.74. The van der Waals surface area contributed by atoms with Gasteiger partial charge >= 0.3 is 0 Å². The van der Waals surface area contributed by atoms with Gasteiger partial charge in [0.15, 0.2) is 0 Å². The molecule has 0 radical (unpaired) electrons. The highest BCUT2D eigenvalue weighted by atomic mass is 16.1. The van der Waals surface area contributed by atoms with E-state index in [2.05, 4.69) is 50.9 Å². The van der Waals surface area contributed by atoms with Crippen LogP contribution in [0.1, 0.15) is 34.7 Å². The average Bonchev–Trinajstić information content (AvgIpc) is 2.25. The van der Waals surface area contributed by atoms with Gasteiger partial charge in [-0.2, -0.15) is 0 Å². The van der Waals surface area contributed by atoms with Gasteiger partial charge in [0.1, 0.15) is 0 Å². The van der Waals surface area contributed by atoms with Crippen LogP contribution in [0.4, 0.5) is 0 Å². The Morgan fingerprint density at radius 2 is 1.71 bits per heavy atom. The topological polar surface area (TPSA) is 29.1 Å². The van der Waals surface area contributed by atoms with Crippen LogP contribution in [0.3, 0.4) is 0 Å². The molecule has 0 unspecified atom stereocenters. The SMILES string of the molecule is CC(=O)NCC#Cc1c(C)c(C)cc(C)c1C. The predicted octanol–water partition coefficient (Wildman–Crippen LogP) is 2.41. The van der Waals surface area contributed by atoms with Gasteiger partial charge in [0, 0.05) is 12.5 Å². The monoisotopic (exact) mass is 229 g/mol. The van der Waals surface area contributed by atoms with E-state index in [1.165, 1.54) is 29.2 Å². The zero-order valence-electron chi connectivity index (χ0n) is 11.2. The van der Waals surface area contributed by atoms with Crippen molar-refractivity contribution in [1.29, 1.82) is 0 Å². The highest BCUT2D eigenvalue weighted by Crippen LogP contribution is 2.20. The smallest absolute Gasteiger partial charge is 0.217 e. The summed E-state index contributed by atoms with van der Waals surface area (Å²) in [5, 5.41) is 2.67. The molecular weight excluding hydrogens is 210 g/mol. The van der Waals surface area contributed by atoms with Crippen LogP contribution in [0.5, 0.6) is 0 Å². The molecule has 2 heteroatoms. The third-order valence-corrected chi connectivity index (χ3v) is 3.01. The van der Waals surface area contributed by atoms with Gasteiger partial charge in [-0.1, -0.05) is 17.9 Å². The van der Waals surface area contributed by atoms with Gasteiger partial charge in [-0.05, 0) is 49.9 Å². The van der Waals surface area contributed by atoms with Gasteiger partial charge in [0.05, 0.1) is 6.54 Å². The fraction of sp³-hybridized carbons (Fsp3) is 0.400. The summed E-state index contributed by atoms with van der Waals surface area (Å²) in [7, 11) is 0. The first-order valence-corrected chi connectivity index (χ1v) is 5.74. The van der Waals surface area contributed by atoms with Gasteiger partial charge in [0.2, 0.25) is 5.91 Å². The lowest BCUT2D eigenvalue weighted by molar-refractivity contribution is -0.118. The van der Waals surface area contributed by atoms with Gasteiger partial charge in [-0.15, -0.1) is 0 Å². The summed E-state index contributed by atoms with van der Waals surface area (Å²) >= 11 is 0. The number of hydrogen-bond donors (Lipinski definition) is 1. The molecule has 0 aliphatic rings. The standard InChI is InChI=1S/C15H19NO/c1-10-9-11(2)13(4)15(12(10)3)7-6-8-16-14(5)17/h9H,8H2,1-5H3,(H,16,17). The Kier molecular flexibility index (Phi) is 4.34. The largest absolute Gasteiger partial charge is 0.345 e. The Morgan fingerprint density at radius 3 is 2.18 bits per heavy atom. The Hall–Kier alpha value is -1.75. The number of aryl methyl sites for hydroxylation is 2. The van der Waals surface area contributed by atoms with Gasteiger partial charge in [-0.3, -0.25) is 4.79 Å². The molecule has 1 aromatic carbocycles. The number of benzene rings is 1. The first-order chi connectivity index (χ1) is 7.93. The van der Waals surface area contributed by atoms with E-state index < -0.39 is 0 Å². The Bertz CT molecular complexity index is 478. The van der Waals surface area contributed by atoms with Crippen molar-refractivity contribution in [2.24, 2.45) is 0 Å². The van der Waals surface area contributed by atoms with Crippen molar-refractivity contribution >= 4 is 5.91 Å². The molecule has 1 aromatic rings. The summed E-state index contributed by atoms with van der Waals surface area (Å²) < 4.78 is 0. The fourth-order valence-electron chi connectivity index (χ4n) is 1.71. The number of nitrogens with one attached hydrogen (secondary N) is 1. The summed E-state index contributed by atoms with van der Waals surface area (Å²) in [5.41, 5.74) is 6.06. The molecule has 0 saturated carbocycles. The molecule has 0 fully saturated rings. The molecule has 0 bridgehead atoms. The predicted molar refractivity (Wildman–Crippen MR) is 71.0 cm³/mol. The fourth-order valence-corrected chi connectivity index (χ4v) is 1.71. The van der Waals surface area contributed by atoms with Crippen molar-refractivity contribution < 1.29 is 4.79 Å². The summed E-state index contributed by atoms with van der Waals surface area (Å²) in [5.74, 6) is 6.09. The van der Waals surface area contributed by atoms with E-state index in [1.54, 1.807) is 0 Å². The van der Waals surface area contributed by atoms with Crippen LogP contribution in [-0.2, 0) is 4.79 Å². The van der Waals surface area contributed by atoms with E-state index >= 15 is 0 Å². The van der Waals surface area contributed by atoms with Crippen LogP contribution in [-0.4, -0.2) is 12.5 Å². The maximum absolute atomic E-state index is 10.7. The second kappa shape index (κ2) is 5.54. The Labute approximate surface area is 103 Å². The van der Waals surface area contributed by atoms with E-state index in [0.29, 0.717) is 6.54 Å². The van der Waals surface area contributed by atoms with Crippen LogP contribution in [0.2, 0.25) is 0 Å². The van der Waals surface area contributed by atoms with Crippen molar-refractivity contribution in [3.05, 3.63) is 33.9 Å². The van der Waals surface area contributed by atoms with Crippen molar-refractivity contribution in [2.75, 3.05) is 6.54 Å². The van der Waals surface area contributed by atoms with Gasteiger partial charge in [-0.25, -0.2) is 0 Å². The number of carbonyl (C=O) groups is 1. The number of rotatable bonds is 1. The third-order valence-electron chi connectivity index (χ3n) is 3.01. The second-order valence-electron chi connectivity index (χ2n) is 4.35. The minimum Gasteiger partial charge on any atom is -0.345 e. The van der Waals surface area contributed by atoms with Gasteiger partial charge in [0.25, 0.3) is 0 Å². The highest BCUT2D eigenvalue weighted by Gasteiger charge is 2.05. The van der Waals surface area contributed by atoms with Crippen molar-refractivity contribution in [3.63, 3.8) is 0 Å². The zero-order valence-corrected chi connectivity index (χ0v) is 11.2. The lowest BCUT2D eigenvalue weighted by Gasteiger charge is -2.10. The summed E-state index contributed by atoms with van der Waals surface area (Å²) in [6.07, 6.45) is 0. The molecule has 17 heavy (non-hydrogen) atoms. The molecule has 1 amide bonds. The number of amides is 1. The van der Waals surface area contributed by atoms with Crippen molar-refractivity contribution in [1.82, 2.24) is 5.32 Å². The van der Waals surface area contributed by atoms with E-state index in [0.717, 1.165) is 5.56 Å². The first kappa shape index (κ1) is 13.3. The molecule has 1 rings (SSSR count). The van der Waals surface area contributed by atoms with E-state index in [-0.39, 0.29) is 5.91 Å². The summed E-state index contributed by atoms with van der Waals surface area (Å²) in [6.45, 7) is 10.3. The molecule has 0 atom stereocenters. The molecule has 90 valence electrons. The molecule has 0 aromatic heterocycles. The zero-order chi connectivity index (χ0) is 13.0. The molecule has 0 aliphatic carbocycles. The molecular formula is C15H19NO. The molecule has 0 aliphatic heterocycles. The quantitative estimate of drug-likeness (QED) is 0.736. The van der Waals surface area contributed by atoms with Crippen LogP contribution in [0.25, 0.3) is 0 Å². The molecule has 1 N–H and O–H groups in total. The summed E-state index contributed by atoms with van der Waals surface area (Å²) in [6, 6.07) is 2.18. The Balaban J connectivity index is 3.01. The van der Waals surface area contributed by atoms with E-state index in [4.69, 9.17) is 0 Å². The van der Waals surface area contributed by atoms with Gasteiger partial charge < -0.3 is 5.32 Å². The normalized spacial score (nSPS) is 9.47. The maximum atomic E-state index is 10.7. The molecule has 0 saturated heterocycles. The number of carbonyl (C=O) groups excluding carboxylic acids is 1. The Morgan fingerprint density at radius 1 is 1.18 bits per heavy atom. The van der Waals surface area contributed by atoms with Crippen LogP contribution in [0.15, 0.2) is 6.07 Å².